The smallest absolute Gasteiger partial charge is 0.230 e. The van der Waals surface area contributed by atoms with Crippen LogP contribution >= 0.6 is 31.9 Å². The second-order valence-corrected chi connectivity index (χ2v) is 7.41. The first kappa shape index (κ1) is 16.3. The summed E-state index contributed by atoms with van der Waals surface area (Å²) in [5, 5.41) is 12.2. The van der Waals surface area contributed by atoms with Crippen molar-refractivity contribution in [2.24, 2.45) is 12.0 Å². The van der Waals surface area contributed by atoms with Gasteiger partial charge < -0.3 is 9.67 Å². The van der Waals surface area contributed by atoms with Crippen LogP contribution in [0.2, 0.25) is 0 Å². The van der Waals surface area contributed by atoms with E-state index in [9.17, 15) is 5.11 Å². The highest BCUT2D eigenvalue weighted by atomic mass is 79.9. The molecule has 6 heteroatoms. The van der Waals surface area contributed by atoms with Gasteiger partial charge in [0.2, 0.25) is 5.95 Å². The Morgan fingerprint density at radius 2 is 1.84 bits per heavy atom. The molecule has 0 fully saturated rings. The number of benzene rings is 3. The number of hydrogen-bond acceptors (Lipinski definition) is 3. The van der Waals surface area contributed by atoms with Crippen LogP contribution in [0.1, 0.15) is 5.56 Å². The number of phenolic OH excluding ortho intramolecular Hbond substituents is 1. The van der Waals surface area contributed by atoms with E-state index in [0.29, 0.717) is 11.5 Å². The van der Waals surface area contributed by atoms with Crippen LogP contribution in [0.4, 0.5) is 5.95 Å². The molecule has 4 rings (SSSR count). The van der Waals surface area contributed by atoms with Gasteiger partial charge in [0.1, 0.15) is 5.75 Å². The Balaban J connectivity index is 1.84. The summed E-state index contributed by atoms with van der Waals surface area (Å²) in [5.41, 5.74) is 2.52. The average molecular weight is 459 g/mol. The van der Waals surface area contributed by atoms with Crippen LogP contribution in [0.5, 0.6) is 5.75 Å². The van der Waals surface area contributed by atoms with Crippen molar-refractivity contribution in [3.63, 3.8) is 0 Å². The van der Waals surface area contributed by atoms with Gasteiger partial charge in [0.15, 0.2) is 0 Å². The maximum atomic E-state index is 10.2. The lowest BCUT2D eigenvalue weighted by atomic mass is 10.0. The average Bonchev–Trinajstić information content (AvgIpc) is 2.90. The number of aryl methyl sites for hydroxylation is 1. The number of aliphatic imine (C=N–C) groups is 1. The standard InChI is InChI=1S/C19H13Br2N3O/c1-24-17-9-15(21)14(20)8-16(17)23-19(24)22-10-13-12-5-3-2-4-11(12)6-7-18(13)25/h2-10,25H,1H3. The minimum atomic E-state index is 0.201. The topological polar surface area (TPSA) is 50.4 Å². The predicted molar refractivity (Wildman–Crippen MR) is 109 cm³/mol. The van der Waals surface area contributed by atoms with Crippen LogP contribution in [0.15, 0.2) is 62.5 Å². The van der Waals surface area contributed by atoms with Gasteiger partial charge in [-0.05, 0) is 60.8 Å². The van der Waals surface area contributed by atoms with Crippen molar-refractivity contribution in [1.29, 1.82) is 0 Å². The number of aromatic hydroxyl groups is 1. The Hall–Kier alpha value is -2.18. The zero-order valence-corrected chi connectivity index (χ0v) is 16.4. The third kappa shape index (κ3) is 2.85. The summed E-state index contributed by atoms with van der Waals surface area (Å²) < 4.78 is 3.83. The van der Waals surface area contributed by atoms with Gasteiger partial charge in [0, 0.05) is 27.8 Å². The predicted octanol–water partition coefficient (Wildman–Crippen LogP) is 5.71. The maximum absolute atomic E-state index is 10.2. The van der Waals surface area contributed by atoms with Crippen LogP contribution in [-0.4, -0.2) is 20.9 Å². The molecule has 1 N–H and O–H groups in total. The number of hydrogen-bond donors (Lipinski definition) is 1. The molecule has 0 atom stereocenters. The van der Waals surface area contributed by atoms with E-state index < -0.39 is 0 Å². The molecule has 0 spiro atoms. The van der Waals surface area contributed by atoms with Gasteiger partial charge in [0.25, 0.3) is 0 Å². The van der Waals surface area contributed by atoms with E-state index in [2.05, 4.69) is 41.8 Å². The molecule has 4 aromatic rings. The zero-order valence-electron chi connectivity index (χ0n) is 13.2. The molecule has 0 unspecified atom stereocenters. The normalized spacial score (nSPS) is 11.8. The minimum absolute atomic E-state index is 0.201. The molecule has 25 heavy (non-hydrogen) atoms. The van der Waals surface area contributed by atoms with Crippen molar-refractivity contribution in [1.82, 2.24) is 9.55 Å². The van der Waals surface area contributed by atoms with Crippen LogP contribution in [-0.2, 0) is 7.05 Å². The lowest BCUT2D eigenvalue weighted by molar-refractivity contribution is 0.475. The molecule has 0 radical (unpaired) electrons. The van der Waals surface area contributed by atoms with E-state index in [1.165, 1.54) is 0 Å². The summed E-state index contributed by atoms with van der Waals surface area (Å²) >= 11 is 7.01. The van der Waals surface area contributed by atoms with Crippen molar-refractivity contribution in [2.75, 3.05) is 0 Å². The van der Waals surface area contributed by atoms with Crippen LogP contribution in [0.25, 0.3) is 21.8 Å². The van der Waals surface area contributed by atoms with E-state index in [1.807, 2.05) is 54.1 Å². The number of rotatable bonds is 2. The molecule has 0 aliphatic rings. The molecule has 4 nitrogen and oxygen atoms in total. The first-order chi connectivity index (χ1) is 12.0. The monoisotopic (exact) mass is 457 g/mol. The quantitative estimate of drug-likeness (QED) is 0.391. The van der Waals surface area contributed by atoms with Crippen LogP contribution in [0.3, 0.4) is 0 Å². The Bertz CT molecular complexity index is 1150. The van der Waals surface area contributed by atoms with Gasteiger partial charge in [-0.3, -0.25) is 0 Å². The summed E-state index contributed by atoms with van der Waals surface area (Å²) in [7, 11) is 1.92. The van der Waals surface area contributed by atoms with Gasteiger partial charge in [-0.1, -0.05) is 30.3 Å². The number of phenols is 1. The number of aromatic nitrogens is 2. The summed E-state index contributed by atoms with van der Waals surface area (Å²) in [6, 6.07) is 15.4. The molecule has 0 saturated carbocycles. The van der Waals surface area contributed by atoms with Gasteiger partial charge in [-0.2, -0.15) is 0 Å². The highest BCUT2D eigenvalue weighted by Gasteiger charge is 2.10. The third-order valence-corrected chi connectivity index (χ3v) is 6.00. The highest BCUT2D eigenvalue weighted by molar-refractivity contribution is 9.13. The van der Waals surface area contributed by atoms with Crippen molar-refractivity contribution in [3.8, 4) is 5.75 Å². The molecule has 3 aromatic carbocycles. The largest absolute Gasteiger partial charge is 0.507 e. The Kier molecular flexibility index (Phi) is 4.09. The third-order valence-electron chi connectivity index (χ3n) is 4.16. The molecular weight excluding hydrogens is 446 g/mol. The minimum Gasteiger partial charge on any atom is -0.507 e. The van der Waals surface area contributed by atoms with Crippen molar-refractivity contribution < 1.29 is 5.11 Å². The molecule has 1 heterocycles. The Labute approximate surface area is 161 Å². The van der Waals surface area contributed by atoms with Crippen LogP contribution in [0, 0.1) is 0 Å². The fourth-order valence-electron chi connectivity index (χ4n) is 2.83. The Morgan fingerprint density at radius 1 is 1.08 bits per heavy atom. The van der Waals surface area contributed by atoms with E-state index in [4.69, 9.17) is 0 Å². The van der Waals surface area contributed by atoms with Gasteiger partial charge in [-0.25, -0.2) is 9.98 Å². The number of fused-ring (bicyclic) bond motifs is 2. The van der Waals surface area contributed by atoms with E-state index >= 15 is 0 Å². The van der Waals surface area contributed by atoms with E-state index in [0.717, 1.165) is 30.8 Å². The zero-order chi connectivity index (χ0) is 17.6. The first-order valence-corrected chi connectivity index (χ1v) is 9.19. The summed E-state index contributed by atoms with van der Waals surface area (Å²) in [6.07, 6.45) is 1.67. The molecule has 0 aliphatic carbocycles. The molecule has 0 bridgehead atoms. The lowest BCUT2D eigenvalue weighted by Crippen LogP contribution is -1.89. The fraction of sp³-hybridized carbons (Fsp3) is 0.0526. The fourth-order valence-corrected chi connectivity index (χ4v) is 3.49. The molecule has 0 aliphatic heterocycles. The molecule has 1 aromatic heterocycles. The molecule has 124 valence electrons. The van der Waals surface area contributed by atoms with Crippen LogP contribution < -0.4 is 0 Å². The van der Waals surface area contributed by atoms with Crippen molar-refractivity contribution in [3.05, 3.63) is 63.0 Å². The molecular formula is C19H13Br2N3O. The molecule has 0 saturated heterocycles. The Morgan fingerprint density at radius 3 is 2.68 bits per heavy atom. The van der Waals surface area contributed by atoms with Crippen molar-refractivity contribution >= 4 is 65.8 Å². The van der Waals surface area contributed by atoms with E-state index in [1.54, 1.807) is 12.3 Å². The molecule has 0 amide bonds. The number of imidazole rings is 1. The SMILES string of the molecule is Cn1c(N=Cc2c(O)ccc3ccccc23)nc2cc(Br)c(Br)cc21. The first-order valence-electron chi connectivity index (χ1n) is 7.61. The maximum Gasteiger partial charge on any atom is 0.230 e. The second-order valence-electron chi connectivity index (χ2n) is 5.70. The highest BCUT2D eigenvalue weighted by Crippen LogP contribution is 2.31. The number of halogens is 2. The van der Waals surface area contributed by atoms with Gasteiger partial charge >= 0.3 is 0 Å². The van der Waals surface area contributed by atoms with Crippen molar-refractivity contribution in [2.45, 2.75) is 0 Å². The number of nitrogens with zero attached hydrogens (tertiary/aromatic N) is 3. The lowest BCUT2D eigenvalue weighted by Gasteiger charge is -2.04. The van der Waals surface area contributed by atoms with Gasteiger partial charge in [0.05, 0.1) is 11.0 Å². The summed E-state index contributed by atoms with van der Waals surface area (Å²) in [5.74, 6) is 0.777. The second kappa shape index (κ2) is 6.28. The van der Waals surface area contributed by atoms with Gasteiger partial charge in [-0.15, -0.1) is 0 Å². The summed E-state index contributed by atoms with van der Waals surface area (Å²) in [4.78, 5) is 9.09. The van der Waals surface area contributed by atoms with E-state index in [-0.39, 0.29) is 5.75 Å². The summed E-state index contributed by atoms with van der Waals surface area (Å²) in [6.45, 7) is 0.